The Hall–Kier alpha value is -2.94. The molecule has 2 aromatic rings. The van der Waals surface area contributed by atoms with Crippen molar-refractivity contribution < 1.29 is 22.4 Å². The smallest absolute Gasteiger partial charge is 0.244 e. The first-order chi connectivity index (χ1) is 15.0. The van der Waals surface area contributed by atoms with Gasteiger partial charge < -0.3 is 10.2 Å². The zero-order valence-electron chi connectivity index (χ0n) is 19.1. The Bertz CT molecular complexity index is 1070. The highest BCUT2D eigenvalue weighted by Gasteiger charge is 2.31. The molecule has 0 aliphatic heterocycles. The van der Waals surface area contributed by atoms with E-state index in [-0.39, 0.29) is 12.5 Å². The third-order valence-corrected chi connectivity index (χ3v) is 6.50. The van der Waals surface area contributed by atoms with Gasteiger partial charge in [0, 0.05) is 13.6 Å². The minimum Gasteiger partial charge on any atom is -0.357 e. The predicted octanol–water partition coefficient (Wildman–Crippen LogP) is 2.76. The summed E-state index contributed by atoms with van der Waals surface area (Å²) in [7, 11) is -2.30. The number of hydrogen-bond acceptors (Lipinski definition) is 4. The fourth-order valence-corrected chi connectivity index (χ4v) is 4.21. The fourth-order valence-electron chi connectivity index (χ4n) is 3.37. The predicted molar refractivity (Wildman–Crippen MR) is 123 cm³/mol. The second kappa shape index (κ2) is 10.6. The summed E-state index contributed by atoms with van der Waals surface area (Å²) in [5.74, 6) is -1.31. The molecule has 0 fully saturated rings. The van der Waals surface area contributed by atoms with Gasteiger partial charge in [-0.3, -0.25) is 13.9 Å². The summed E-state index contributed by atoms with van der Waals surface area (Å²) >= 11 is 0. The first-order valence-electron chi connectivity index (χ1n) is 10.3. The van der Waals surface area contributed by atoms with E-state index in [1.54, 1.807) is 25.1 Å². The van der Waals surface area contributed by atoms with Crippen LogP contribution in [0.4, 0.5) is 10.1 Å². The topological polar surface area (TPSA) is 86.8 Å². The normalized spacial score (nSPS) is 12.2. The van der Waals surface area contributed by atoms with Crippen molar-refractivity contribution in [2.75, 3.05) is 24.2 Å². The lowest BCUT2D eigenvalue weighted by Crippen LogP contribution is -2.51. The van der Waals surface area contributed by atoms with Crippen LogP contribution in [0.3, 0.4) is 0 Å². The largest absolute Gasteiger partial charge is 0.357 e. The van der Waals surface area contributed by atoms with Gasteiger partial charge in [-0.2, -0.15) is 0 Å². The minimum atomic E-state index is -3.78. The van der Waals surface area contributed by atoms with Crippen LogP contribution in [0, 0.1) is 19.7 Å². The Kier molecular flexibility index (Phi) is 8.38. The Balaban J connectivity index is 2.43. The molecule has 0 aliphatic rings. The van der Waals surface area contributed by atoms with Crippen LogP contribution in [0.15, 0.2) is 42.5 Å². The van der Waals surface area contributed by atoms with Crippen LogP contribution in [0.1, 0.15) is 30.0 Å². The Morgan fingerprint density at radius 1 is 1.06 bits per heavy atom. The van der Waals surface area contributed by atoms with Crippen molar-refractivity contribution >= 4 is 27.5 Å². The van der Waals surface area contributed by atoms with E-state index >= 15 is 0 Å². The number of nitrogens with one attached hydrogen (secondary N) is 1. The number of nitrogens with zero attached hydrogens (tertiary/aromatic N) is 2. The summed E-state index contributed by atoms with van der Waals surface area (Å²) in [5, 5.41) is 2.55. The summed E-state index contributed by atoms with van der Waals surface area (Å²) in [6, 6.07) is 9.96. The molecule has 0 aromatic heterocycles. The van der Waals surface area contributed by atoms with Gasteiger partial charge in [0.15, 0.2) is 0 Å². The van der Waals surface area contributed by atoms with Crippen molar-refractivity contribution in [3.8, 4) is 0 Å². The van der Waals surface area contributed by atoms with Gasteiger partial charge in [0.2, 0.25) is 21.8 Å². The molecule has 9 heteroatoms. The van der Waals surface area contributed by atoms with E-state index in [4.69, 9.17) is 0 Å². The molecule has 2 amide bonds. The minimum absolute atomic E-state index is 0.0373. The number of anilines is 1. The lowest BCUT2D eigenvalue weighted by atomic mass is 10.1. The third-order valence-electron chi connectivity index (χ3n) is 5.36. The molecule has 0 unspecified atom stereocenters. The zero-order valence-corrected chi connectivity index (χ0v) is 19.9. The first kappa shape index (κ1) is 25.3. The second-order valence-corrected chi connectivity index (χ2v) is 9.63. The molecule has 0 bridgehead atoms. The number of sulfonamides is 1. The van der Waals surface area contributed by atoms with Gasteiger partial charge in [-0.15, -0.1) is 0 Å². The maximum absolute atomic E-state index is 13.4. The average molecular weight is 464 g/mol. The molecule has 2 aromatic carbocycles. The van der Waals surface area contributed by atoms with Crippen molar-refractivity contribution in [3.05, 3.63) is 65.0 Å². The molecule has 7 nitrogen and oxygen atoms in total. The molecule has 2 rings (SSSR count). The number of amides is 2. The van der Waals surface area contributed by atoms with Gasteiger partial charge in [0.1, 0.15) is 18.4 Å². The number of halogens is 1. The van der Waals surface area contributed by atoms with Crippen LogP contribution in [0.5, 0.6) is 0 Å². The highest BCUT2D eigenvalue weighted by atomic mass is 32.2. The van der Waals surface area contributed by atoms with E-state index in [0.717, 1.165) is 21.7 Å². The molecule has 1 atom stereocenters. The van der Waals surface area contributed by atoms with E-state index in [1.165, 1.54) is 36.2 Å². The lowest BCUT2D eigenvalue weighted by molar-refractivity contribution is -0.140. The quantitative estimate of drug-likeness (QED) is 0.620. The lowest BCUT2D eigenvalue weighted by Gasteiger charge is -2.32. The summed E-state index contributed by atoms with van der Waals surface area (Å²) in [5.41, 5.74) is 2.89. The van der Waals surface area contributed by atoms with Crippen LogP contribution >= 0.6 is 0 Å². The molecule has 0 aliphatic carbocycles. The van der Waals surface area contributed by atoms with E-state index in [1.807, 2.05) is 13.8 Å². The van der Waals surface area contributed by atoms with Crippen LogP contribution in [-0.4, -0.2) is 51.0 Å². The standard InChI is InChI=1S/C23H30FN3O4S/c1-6-21(23(29)25-4)26(14-18-8-10-19(24)11-9-18)22(28)15-27(32(5,30)31)20-12-7-16(2)17(3)13-20/h7-13,21H,6,14-15H2,1-5H3,(H,25,29)/t21-/m1/s1. The van der Waals surface area contributed by atoms with Gasteiger partial charge in [-0.05, 0) is 61.2 Å². The van der Waals surface area contributed by atoms with Crippen LogP contribution in [-0.2, 0) is 26.2 Å². The van der Waals surface area contributed by atoms with Crippen molar-refractivity contribution in [1.29, 1.82) is 0 Å². The Morgan fingerprint density at radius 2 is 1.69 bits per heavy atom. The SMILES string of the molecule is CC[C@H](C(=O)NC)N(Cc1ccc(F)cc1)C(=O)CN(c1ccc(C)c(C)c1)S(C)(=O)=O. The van der Waals surface area contributed by atoms with E-state index in [9.17, 15) is 22.4 Å². The highest BCUT2D eigenvalue weighted by molar-refractivity contribution is 7.92. The summed E-state index contributed by atoms with van der Waals surface area (Å²) < 4.78 is 39.5. The van der Waals surface area contributed by atoms with Gasteiger partial charge in [-0.1, -0.05) is 25.1 Å². The van der Waals surface area contributed by atoms with E-state index < -0.39 is 34.3 Å². The molecule has 32 heavy (non-hydrogen) atoms. The van der Waals surface area contributed by atoms with Gasteiger partial charge in [-0.25, -0.2) is 12.8 Å². The number of carbonyl (C=O) groups excluding carboxylic acids is 2. The maximum Gasteiger partial charge on any atom is 0.244 e. The molecule has 0 heterocycles. The number of rotatable bonds is 9. The Morgan fingerprint density at radius 3 is 2.19 bits per heavy atom. The van der Waals surface area contributed by atoms with Gasteiger partial charge in [0.05, 0.1) is 11.9 Å². The molecule has 0 saturated heterocycles. The summed E-state index contributed by atoms with van der Waals surface area (Å²) in [4.78, 5) is 27.2. The van der Waals surface area contributed by atoms with Gasteiger partial charge in [0.25, 0.3) is 0 Å². The molecule has 174 valence electrons. The number of benzene rings is 2. The van der Waals surface area contributed by atoms with E-state index in [2.05, 4.69) is 5.32 Å². The molecule has 0 saturated carbocycles. The zero-order chi connectivity index (χ0) is 24.1. The third kappa shape index (κ3) is 6.29. The second-order valence-electron chi connectivity index (χ2n) is 7.72. The molecular weight excluding hydrogens is 433 g/mol. The highest BCUT2D eigenvalue weighted by Crippen LogP contribution is 2.22. The van der Waals surface area contributed by atoms with Crippen LogP contribution in [0.2, 0.25) is 0 Å². The number of likely N-dealkylation sites (N-methyl/N-ethyl adjacent to an activating group) is 1. The molecule has 0 radical (unpaired) electrons. The number of aryl methyl sites for hydroxylation is 2. The van der Waals surface area contributed by atoms with Crippen LogP contribution in [0.25, 0.3) is 0 Å². The Labute approximate surface area is 189 Å². The van der Waals surface area contributed by atoms with Crippen molar-refractivity contribution in [2.45, 2.75) is 39.8 Å². The van der Waals surface area contributed by atoms with Crippen molar-refractivity contribution in [1.82, 2.24) is 10.2 Å². The summed E-state index contributed by atoms with van der Waals surface area (Å²) in [6.45, 7) is 5.11. The number of hydrogen-bond donors (Lipinski definition) is 1. The monoisotopic (exact) mass is 463 g/mol. The van der Waals surface area contributed by atoms with Crippen molar-refractivity contribution in [3.63, 3.8) is 0 Å². The molecule has 0 spiro atoms. The maximum atomic E-state index is 13.4. The first-order valence-corrected chi connectivity index (χ1v) is 12.1. The summed E-state index contributed by atoms with van der Waals surface area (Å²) in [6.07, 6.45) is 1.37. The molecular formula is C23H30FN3O4S. The van der Waals surface area contributed by atoms with Crippen LogP contribution < -0.4 is 9.62 Å². The fraction of sp³-hybridized carbons (Fsp3) is 0.391. The average Bonchev–Trinajstić information content (AvgIpc) is 2.74. The molecule has 1 N–H and O–H groups in total. The van der Waals surface area contributed by atoms with Crippen molar-refractivity contribution in [2.24, 2.45) is 0 Å². The number of carbonyl (C=O) groups is 2. The van der Waals surface area contributed by atoms with Gasteiger partial charge >= 0.3 is 0 Å². The van der Waals surface area contributed by atoms with E-state index in [0.29, 0.717) is 17.7 Å².